The third-order valence-electron chi connectivity index (χ3n) is 5.00. The van der Waals surface area contributed by atoms with E-state index in [1.165, 1.54) is 11.8 Å². The molecule has 1 saturated carbocycles. The highest BCUT2D eigenvalue weighted by Crippen LogP contribution is 2.39. The summed E-state index contributed by atoms with van der Waals surface area (Å²) in [6.45, 7) is 2.35. The first-order valence-corrected chi connectivity index (χ1v) is 10.4. The Hall–Kier alpha value is -3.05. The average Bonchev–Trinajstić information content (AvgIpc) is 3.33. The molecule has 0 radical (unpaired) electrons. The summed E-state index contributed by atoms with van der Waals surface area (Å²) >= 11 is 1.30. The minimum atomic E-state index is -0.797. The van der Waals surface area contributed by atoms with Crippen LogP contribution in [0.1, 0.15) is 25.3 Å². The Labute approximate surface area is 173 Å². The Balaban J connectivity index is 1.51. The zero-order valence-corrected chi connectivity index (χ0v) is 16.9. The third-order valence-corrected chi connectivity index (χ3v) is 5.97. The summed E-state index contributed by atoms with van der Waals surface area (Å²) in [5.74, 6) is 1.46. The van der Waals surface area contributed by atoms with E-state index in [0.29, 0.717) is 23.3 Å². The molecule has 1 amide bonds. The molecule has 4 rings (SSSR count). The molecule has 1 fully saturated rings. The molecule has 148 valence electrons. The Kier molecular flexibility index (Phi) is 5.41. The van der Waals surface area contributed by atoms with E-state index in [2.05, 4.69) is 21.6 Å². The second-order valence-electron chi connectivity index (χ2n) is 7.28. The van der Waals surface area contributed by atoms with E-state index in [1.807, 2.05) is 41.0 Å². The molecule has 2 aromatic heterocycles. The van der Waals surface area contributed by atoms with Crippen LogP contribution in [-0.2, 0) is 11.3 Å². The number of benzene rings is 1. The van der Waals surface area contributed by atoms with Crippen molar-refractivity contribution in [1.82, 2.24) is 20.1 Å². The van der Waals surface area contributed by atoms with E-state index < -0.39 is 5.54 Å². The van der Waals surface area contributed by atoms with Crippen LogP contribution in [0.3, 0.4) is 0 Å². The van der Waals surface area contributed by atoms with Crippen LogP contribution in [0, 0.1) is 17.2 Å². The molecule has 1 aliphatic carbocycles. The number of hydrogen-bond acceptors (Lipinski definition) is 6. The number of carbonyl (C=O) groups is 1. The summed E-state index contributed by atoms with van der Waals surface area (Å²) in [7, 11) is 0. The zero-order valence-electron chi connectivity index (χ0n) is 16.0. The van der Waals surface area contributed by atoms with Gasteiger partial charge < -0.3 is 9.73 Å². The summed E-state index contributed by atoms with van der Waals surface area (Å²) in [6, 6.07) is 15.9. The monoisotopic (exact) mass is 407 g/mol. The Morgan fingerprint density at radius 3 is 2.76 bits per heavy atom. The maximum Gasteiger partial charge on any atom is 0.231 e. The minimum absolute atomic E-state index is 0.162. The van der Waals surface area contributed by atoms with Gasteiger partial charge in [-0.3, -0.25) is 9.36 Å². The van der Waals surface area contributed by atoms with Gasteiger partial charge in [0.05, 0.1) is 24.6 Å². The van der Waals surface area contributed by atoms with Crippen LogP contribution in [0.25, 0.3) is 11.6 Å². The largest absolute Gasteiger partial charge is 0.461 e. The van der Waals surface area contributed by atoms with Crippen molar-refractivity contribution < 1.29 is 9.21 Å². The first-order chi connectivity index (χ1) is 14.1. The molecule has 7 nitrogen and oxygen atoms in total. The fourth-order valence-corrected chi connectivity index (χ4v) is 3.97. The lowest BCUT2D eigenvalue weighted by Crippen LogP contribution is -2.47. The number of nitrogens with zero attached hydrogens (tertiary/aromatic N) is 4. The number of carbonyl (C=O) groups excluding carboxylic acids is 1. The van der Waals surface area contributed by atoms with E-state index in [1.54, 1.807) is 19.3 Å². The van der Waals surface area contributed by atoms with Crippen LogP contribution < -0.4 is 5.32 Å². The predicted octanol–water partition coefficient (Wildman–Crippen LogP) is 3.49. The molecule has 0 bridgehead atoms. The van der Waals surface area contributed by atoms with Gasteiger partial charge in [0.1, 0.15) is 5.54 Å². The Bertz CT molecular complexity index is 1020. The molecule has 29 heavy (non-hydrogen) atoms. The molecule has 1 atom stereocenters. The first kappa shape index (κ1) is 19.3. The Morgan fingerprint density at radius 2 is 2.10 bits per heavy atom. The van der Waals surface area contributed by atoms with Crippen molar-refractivity contribution in [2.75, 3.05) is 5.75 Å². The summed E-state index contributed by atoms with van der Waals surface area (Å²) in [5, 5.41) is 21.5. The van der Waals surface area contributed by atoms with Gasteiger partial charge in [0.15, 0.2) is 10.9 Å². The zero-order chi connectivity index (χ0) is 20.3. The lowest BCUT2D eigenvalue weighted by atomic mass is 9.98. The fraction of sp³-hybridized carbons (Fsp3) is 0.333. The maximum absolute atomic E-state index is 12.5. The normalized spacial score (nSPS) is 15.4. The van der Waals surface area contributed by atoms with Crippen molar-refractivity contribution in [1.29, 1.82) is 5.26 Å². The second kappa shape index (κ2) is 8.13. The second-order valence-corrected chi connectivity index (χ2v) is 8.22. The standard InChI is InChI=1S/C21H21N5O2S/c1-21(14-22,16-9-10-16)23-18(27)13-29-20-25-24-19(17-8-5-11-28-17)26(20)12-15-6-3-2-4-7-15/h2-8,11,16H,9-10,12-13H2,1H3,(H,23,27)/t21-/m0/s1. The number of nitriles is 1. The van der Waals surface area contributed by atoms with Gasteiger partial charge >= 0.3 is 0 Å². The van der Waals surface area contributed by atoms with Crippen LogP contribution in [0.15, 0.2) is 58.3 Å². The molecule has 0 unspecified atom stereocenters. The van der Waals surface area contributed by atoms with E-state index in [9.17, 15) is 10.1 Å². The minimum Gasteiger partial charge on any atom is -0.461 e. The lowest BCUT2D eigenvalue weighted by molar-refractivity contribution is -0.119. The average molecular weight is 407 g/mol. The highest BCUT2D eigenvalue weighted by Gasteiger charge is 2.43. The molecule has 0 saturated heterocycles. The molecule has 8 heteroatoms. The van der Waals surface area contributed by atoms with Crippen molar-refractivity contribution in [3.05, 3.63) is 54.3 Å². The molecule has 1 aliphatic rings. The smallest absolute Gasteiger partial charge is 0.231 e. The van der Waals surface area contributed by atoms with Crippen molar-refractivity contribution >= 4 is 17.7 Å². The number of amides is 1. The number of nitrogens with one attached hydrogen (secondary N) is 1. The predicted molar refractivity (Wildman–Crippen MR) is 109 cm³/mol. The van der Waals surface area contributed by atoms with Gasteiger partial charge in [-0.15, -0.1) is 10.2 Å². The number of hydrogen-bond donors (Lipinski definition) is 1. The molecular formula is C21H21N5O2S. The maximum atomic E-state index is 12.5. The molecule has 0 aliphatic heterocycles. The highest BCUT2D eigenvalue weighted by molar-refractivity contribution is 7.99. The number of thioether (sulfide) groups is 1. The molecule has 1 N–H and O–H groups in total. The van der Waals surface area contributed by atoms with Crippen molar-refractivity contribution in [2.24, 2.45) is 5.92 Å². The van der Waals surface area contributed by atoms with Gasteiger partial charge in [0.2, 0.25) is 11.7 Å². The number of rotatable bonds is 8. The molecule has 2 heterocycles. The number of aromatic nitrogens is 3. The van der Waals surface area contributed by atoms with Crippen molar-refractivity contribution in [3.8, 4) is 17.7 Å². The van der Waals surface area contributed by atoms with Crippen molar-refractivity contribution in [2.45, 2.75) is 37.0 Å². The quantitative estimate of drug-likeness (QED) is 0.574. The van der Waals surface area contributed by atoms with Crippen LogP contribution in [-0.4, -0.2) is 32.0 Å². The highest BCUT2D eigenvalue weighted by atomic mass is 32.2. The van der Waals surface area contributed by atoms with Crippen LogP contribution in [0.4, 0.5) is 0 Å². The third kappa shape index (κ3) is 4.35. The molecular weight excluding hydrogens is 386 g/mol. The topological polar surface area (TPSA) is 96.7 Å². The van der Waals surface area contributed by atoms with E-state index >= 15 is 0 Å². The van der Waals surface area contributed by atoms with Gasteiger partial charge in [-0.25, -0.2) is 0 Å². The molecule has 1 aromatic carbocycles. The van der Waals surface area contributed by atoms with Gasteiger partial charge in [0, 0.05) is 0 Å². The summed E-state index contributed by atoms with van der Waals surface area (Å²) in [4.78, 5) is 12.5. The van der Waals surface area contributed by atoms with Gasteiger partial charge in [-0.2, -0.15) is 5.26 Å². The van der Waals surface area contributed by atoms with Gasteiger partial charge in [-0.05, 0) is 43.4 Å². The summed E-state index contributed by atoms with van der Waals surface area (Å²) in [5.41, 5.74) is 0.298. The van der Waals surface area contributed by atoms with Crippen LogP contribution in [0.5, 0.6) is 0 Å². The molecule has 3 aromatic rings. The SMILES string of the molecule is C[C@@](C#N)(NC(=O)CSc1nnc(-c2ccco2)n1Cc1ccccc1)C1CC1. The van der Waals surface area contributed by atoms with Gasteiger partial charge in [0.25, 0.3) is 0 Å². The Morgan fingerprint density at radius 1 is 1.31 bits per heavy atom. The van der Waals surface area contributed by atoms with Crippen molar-refractivity contribution in [3.63, 3.8) is 0 Å². The van der Waals surface area contributed by atoms with Crippen LogP contribution in [0.2, 0.25) is 0 Å². The summed E-state index contributed by atoms with van der Waals surface area (Å²) in [6.07, 6.45) is 3.56. The summed E-state index contributed by atoms with van der Waals surface area (Å²) < 4.78 is 7.44. The van der Waals surface area contributed by atoms with Gasteiger partial charge in [-0.1, -0.05) is 42.1 Å². The fourth-order valence-electron chi connectivity index (χ4n) is 3.23. The molecule has 0 spiro atoms. The van der Waals surface area contributed by atoms with E-state index in [0.717, 1.165) is 18.4 Å². The van der Waals surface area contributed by atoms with Crippen LogP contribution >= 0.6 is 11.8 Å². The number of furan rings is 1. The first-order valence-electron chi connectivity index (χ1n) is 9.45. The van der Waals surface area contributed by atoms with E-state index in [-0.39, 0.29) is 17.6 Å². The lowest BCUT2D eigenvalue weighted by Gasteiger charge is -2.22. The van der Waals surface area contributed by atoms with E-state index in [4.69, 9.17) is 4.42 Å².